The van der Waals surface area contributed by atoms with Gasteiger partial charge in [0.1, 0.15) is 5.54 Å². The van der Waals surface area contributed by atoms with Gasteiger partial charge in [0.05, 0.1) is 0 Å². The molecule has 2 rings (SSSR count). The van der Waals surface area contributed by atoms with E-state index in [0.29, 0.717) is 6.54 Å². The fraction of sp³-hybridized carbons (Fsp3) is 0.867. The molecule has 2 aliphatic rings. The number of carbonyl (C=O) groups excluding carboxylic acids is 1. The zero-order chi connectivity index (χ0) is 15.6. The Labute approximate surface area is 126 Å². The van der Waals surface area contributed by atoms with E-state index in [1.54, 1.807) is 6.92 Å². The highest BCUT2D eigenvalue weighted by Gasteiger charge is 2.49. The van der Waals surface area contributed by atoms with Crippen LogP contribution in [0.1, 0.15) is 39.5 Å². The number of carbonyl (C=O) groups is 2. The third-order valence-electron chi connectivity index (χ3n) is 4.84. The molecule has 2 atom stereocenters. The molecule has 0 aromatic carbocycles. The number of hydrogen-bond donors (Lipinski definition) is 2. The van der Waals surface area contributed by atoms with Crippen LogP contribution < -0.4 is 5.32 Å². The second-order valence-electron chi connectivity index (χ2n) is 6.58. The summed E-state index contributed by atoms with van der Waals surface area (Å²) >= 11 is 0. The molecule has 2 amide bonds. The number of hydrogen-bond acceptors (Lipinski definition) is 3. The van der Waals surface area contributed by atoms with Crippen molar-refractivity contribution in [3.05, 3.63) is 0 Å². The molecule has 0 radical (unpaired) electrons. The molecule has 0 spiro atoms. The molecule has 21 heavy (non-hydrogen) atoms. The minimum absolute atomic E-state index is 0.0636. The van der Waals surface area contributed by atoms with Gasteiger partial charge >= 0.3 is 12.0 Å². The molecule has 1 aliphatic carbocycles. The predicted molar refractivity (Wildman–Crippen MR) is 80.2 cm³/mol. The molecule has 0 bridgehead atoms. The minimum Gasteiger partial charge on any atom is -0.480 e. The molecular weight excluding hydrogens is 270 g/mol. The fourth-order valence-corrected chi connectivity index (χ4v) is 3.14. The monoisotopic (exact) mass is 297 g/mol. The van der Waals surface area contributed by atoms with Gasteiger partial charge in [0.2, 0.25) is 0 Å². The topological polar surface area (TPSA) is 72.9 Å². The highest BCUT2D eigenvalue weighted by Crippen LogP contribution is 2.39. The highest BCUT2D eigenvalue weighted by molar-refractivity contribution is 5.86. The van der Waals surface area contributed by atoms with Crippen molar-refractivity contribution in [2.45, 2.75) is 51.1 Å². The molecule has 0 aromatic heterocycles. The van der Waals surface area contributed by atoms with Crippen LogP contribution in [0, 0.1) is 5.92 Å². The van der Waals surface area contributed by atoms with Gasteiger partial charge in [-0.3, -0.25) is 0 Å². The van der Waals surface area contributed by atoms with Crippen molar-refractivity contribution in [3.63, 3.8) is 0 Å². The van der Waals surface area contributed by atoms with E-state index < -0.39 is 11.5 Å². The Morgan fingerprint density at radius 1 is 1.33 bits per heavy atom. The Kier molecular flexibility index (Phi) is 4.76. The maximum absolute atomic E-state index is 12.6. The summed E-state index contributed by atoms with van der Waals surface area (Å²) in [5.74, 6) is -0.869. The second kappa shape index (κ2) is 6.22. The Bertz CT molecular complexity index is 411. The van der Waals surface area contributed by atoms with Gasteiger partial charge in [0.25, 0.3) is 0 Å². The average Bonchev–Trinajstić information content (AvgIpc) is 3.24. The summed E-state index contributed by atoms with van der Waals surface area (Å²) < 4.78 is 0. The molecule has 120 valence electrons. The molecule has 0 aromatic rings. The first-order chi connectivity index (χ1) is 9.88. The van der Waals surface area contributed by atoms with Crippen molar-refractivity contribution < 1.29 is 14.7 Å². The Morgan fingerprint density at radius 3 is 2.52 bits per heavy atom. The van der Waals surface area contributed by atoms with E-state index in [4.69, 9.17) is 0 Å². The molecular formula is C15H27N3O3. The summed E-state index contributed by atoms with van der Waals surface area (Å²) in [6.07, 6.45) is 3.56. The molecule has 1 aliphatic heterocycles. The van der Waals surface area contributed by atoms with Crippen LogP contribution in [0.2, 0.25) is 0 Å². The van der Waals surface area contributed by atoms with Crippen molar-refractivity contribution in [3.8, 4) is 0 Å². The van der Waals surface area contributed by atoms with E-state index >= 15 is 0 Å². The van der Waals surface area contributed by atoms with Crippen molar-refractivity contribution in [1.29, 1.82) is 0 Å². The molecule has 2 N–H and O–H groups in total. The maximum atomic E-state index is 12.6. The molecule has 2 fully saturated rings. The summed E-state index contributed by atoms with van der Waals surface area (Å²) in [6.45, 7) is 6.21. The number of nitrogens with zero attached hydrogens (tertiary/aromatic N) is 2. The third-order valence-corrected chi connectivity index (χ3v) is 4.84. The summed E-state index contributed by atoms with van der Waals surface area (Å²) in [6, 6.07) is -0.0799. The maximum Gasteiger partial charge on any atom is 0.329 e. The van der Waals surface area contributed by atoms with Crippen LogP contribution in [0.25, 0.3) is 0 Å². The van der Waals surface area contributed by atoms with E-state index in [1.165, 1.54) is 0 Å². The Morgan fingerprint density at radius 2 is 2.00 bits per heavy atom. The largest absolute Gasteiger partial charge is 0.480 e. The molecule has 6 nitrogen and oxygen atoms in total. The van der Waals surface area contributed by atoms with Crippen molar-refractivity contribution >= 4 is 12.0 Å². The van der Waals surface area contributed by atoms with E-state index in [2.05, 4.69) is 24.2 Å². The van der Waals surface area contributed by atoms with Gasteiger partial charge in [0.15, 0.2) is 0 Å². The number of urea groups is 1. The number of rotatable bonds is 4. The number of nitrogens with one attached hydrogen (secondary N) is 1. The molecule has 2 unspecified atom stereocenters. The van der Waals surface area contributed by atoms with Gasteiger partial charge in [-0.2, -0.15) is 0 Å². The van der Waals surface area contributed by atoms with Crippen LogP contribution in [0.5, 0.6) is 0 Å². The van der Waals surface area contributed by atoms with Crippen molar-refractivity contribution in [2.75, 3.05) is 26.7 Å². The van der Waals surface area contributed by atoms with Crippen LogP contribution in [0.4, 0.5) is 4.79 Å². The standard InChI is InChI=1S/C15H27N3O3/c1-4-12-10-17(3)8-5-9-18(12)14(21)16-15(2,13(19)20)11-6-7-11/h11-12H,4-10H2,1-3H3,(H,16,21)(H,19,20). The zero-order valence-electron chi connectivity index (χ0n) is 13.3. The Hall–Kier alpha value is -1.30. The van der Waals surface area contributed by atoms with Crippen molar-refractivity contribution in [1.82, 2.24) is 15.1 Å². The molecule has 6 heteroatoms. The first-order valence-electron chi connectivity index (χ1n) is 7.89. The van der Waals surface area contributed by atoms with Gasteiger partial charge in [-0.15, -0.1) is 0 Å². The van der Waals surface area contributed by atoms with Gasteiger partial charge in [0, 0.05) is 19.1 Å². The van der Waals surface area contributed by atoms with Gasteiger partial charge in [-0.05, 0) is 52.1 Å². The number of amides is 2. The average molecular weight is 297 g/mol. The van der Waals surface area contributed by atoms with Crippen LogP contribution in [-0.4, -0.2) is 65.2 Å². The second-order valence-corrected chi connectivity index (χ2v) is 6.58. The molecule has 1 heterocycles. The highest BCUT2D eigenvalue weighted by atomic mass is 16.4. The lowest BCUT2D eigenvalue weighted by Gasteiger charge is -2.34. The van der Waals surface area contributed by atoms with Gasteiger partial charge in [-0.1, -0.05) is 6.92 Å². The number of carboxylic acid groups (broad SMARTS) is 1. The van der Waals surface area contributed by atoms with Gasteiger partial charge < -0.3 is 20.2 Å². The Balaban J connectivity index is 2.08. The SMILES string of the molecule is CCC1CN(C)CCCN1C(=O)NC(C)(C(=O)O)C1CC1. The lowest BCUT2D eigenvalue weighted by Crippen LogP contribution is -2.59. The molecule has 1 saturated heterocycles. The predicted octanol–water partition coefficient (Wildman–Crippen LogP) is 1.37. The van der Waals surface area contributed by atoms with E-state index in [0.717, 1.165) is 38.8 Å². The lowest BCUT2D eigenvalue weighted by atomic mass is 9.96. The van der Waals surface area contributed by atoms with Crippen molar-refractivity contribution in [2.24, 2.45) is 5.92 Å². The van der Waals surface area contributed by atoms with Crippen LogP contribution >= 0.6 is 0 Å². The number of likely N-dealkylation sites (N-methyl/N-ethyl adjacent to an activating group) is 1. The molecule has 1 saturated carbocycles. The smallest absolute Gasteiger partial charge is 0.329 e. The van der Waals surface area contributed by atoms with E-state index in [9.17, 15) is 14.7 Å². The number of aliphatic carboxylic acids is 1. The quantitative estimate of drug-likeness (QED) is 0.822. The van der Waals surface area contributed by atoms with E-state index in [-0.39, 0.29) is 18.0 Å². The summed E-state index contributed by atoms with van der Waals surface area (Å²) in [5.41, 5.74) is -1.13. The van der Waals surface area contributed by atoms with Crippen LogP contribution in [0.15, 0.2) is 0 Å². The zero-order valence-corrected chi connectivity index (χ0v) is 13.3. The first-order valence-corrected chi connectivity index (χ1v) is 7.89. The summed E-state index contributed by atoms with van der Waals surface area (Å²) in [5, 5.41) is 12.3. The van der Waals surface area contributed by atoms with Crippen LogP contribution in [0.3, 0.4) is 0 Å². The minimum atomic E-state index is -1.13. The normalized spacial score (nSPS) is 26.8. The summed E-state index contributed by atoms with van der Waals surface area (Å²) in [7, 11) is 2.07. The lowest BCUT2D eigenvalue weighted by molar-refractivity contribution is -0.144. The fourth-order valence-electron chi connectivity index (χ4n) is 3.14. The van der Waals surface area contributed by atoms with Gasteiger partial charge in [-0.25, -0.2) is 9.59 Å². The third kappa shape index (κ3) is 3.48. The first kappa shape index (κ1) is 16.1. The summed E-state index contributed by atoms with van der Waals surface area (Å²) in [4.78, 5) is 28.2. The van der Waals surface area contributed by atoms with E-state index in [1.807, 2.05) is 4.90 Å². The van der Waals surface area contributed by atoms with Crippen LogP contribution in [-0.2, 0) is 4.79 Å². The number of carboxylic acids is 1.